The van der Waals surface area contributed by atoms with E-state index in [-0.39, 0.29) is 12.5 Å². The van der Waals surface area contributed by atoms with Gasteiger partial charge in [-0.1, -0.05) is 242 Å². The van der Waals surface area contributed by atoms with Crippen molar-refractivity contribution in [3.63, 3.8) is 0 Å². The van der Waals surface area contributed by atoms with Crippen molar-refractivity contribution >= 4 is 5.91 Å². The molecular weight excluding hydrogens is 699 g/mol. The van der Waals surface area contributed by atoms with E-state index >= 15 is 0 Å². The summed E-state index contributed by atoms with van der Waals surface area (Å²) in [5, 5.41) is 23.1. The van der Waals surface area contributed by atoms with Gasteiger partial charge in [0.1, 0.15) is 0 Å². The van der Waals surface area contributed by atoms with E-state index in [9.17, 15) is 15.0 Å². The Bertz CT molecular complexity index is 908. The molecule has 0 saturated carbocycles. The van der Waals surface area contributed by atoms with Crippen LogP contribution in [-0.4, -0.2) is 34.9 Å². The van der Waals surface area contributed by atoms with Gasteiger partial charge in [-0.25, -0.2) is 0 Å². The molecule has 0 aromatic heterocycles. The number of unbranched alkanes of at least 4 members (excludes halogenated alkanes) is 33. The summed E-state index contributed by atoms with van der Waals surface area (Å²) in [5.41, 5.74) is 0. The molecule has 0 aliphatic heterocycles. The molecule has 0 saturated heterocycles. The molecule has 57 heavy (non-hydrogen) atoms. The molecule has 0 aliphatic carbocycles. The van der Waals surface area contributed by atoms with Crippen molar-refractivity contribution in [3.8, 4) is 0 Å². The first-order chi connectivity index (χ1) is 28.2. The van der Waals surface area contributed by atoms with Crippen LogP contribution in [0.1, 0.15) is 264 Å². The summed E-state index contributed by atoms with van der Waals surface area (Å²) < 4.78 is 0. The van der Waals surface area contributed by atoms with Gasteiger partial charge in [0.2, 0.25) is 5.91 Å². The molecule has 334 valence electrons. The van der Waals surface area contributed by atoms with Crippen molar-refractivity contribution in [1.29, 1.82) is 0 Å². The maximum Gasteiger partial charge on any atom is 0.220 e. The van der Waals surface area contributed by atoms with Crippen LogP contribution in [0.15, 0.2) is 48.6 Å². The third-order valence-electron chi connectivity index (χ3n) is 11.5. The Morgan fingerprint density at radius 2 is 0.737 bits per heavy atom. The minimum absolute atomic E-state index is 0.0747. The lowest BCUT2D eigenvalue weighted by molar-refractivity contribution is -0.123. The van der Waals surface area contributed by atoms with Crippen LogP contribution in [0.4, 0.5) is 0 Å². The first kappa shape index (κ1) is 55.4. The summed E-state index contributed by atoms with van der Waals surface area (Å²) in [5.74, 6) is -0.0747. The van der Waals surface area contributed by atoms with Crippen LogP contribution >= 0.6 is 0 Å². The topological polar surface area (TPSA) is 69.6 Å². The fraction of sp³-hybridized carbons (Fsp3) is 0.830. The second kappa shape index (κ2) is 48.7. The molecule has 2 atom stereocenters. The standard InChI is InChI=1S/C53H99NO3/c1-3-5-7-9-11-13-15-17-19-21-23-25-27-29-31-33-35-37-39-41-43-45-47-49-53(57)54-51(50-55)52(56)48-46-44-42-40-38-36-34-32-30-28-26-24-22-20-18-16-14-12-10-8-6-4-2/h15,17,21,23,38,40,46,48,51-52,55-56H,3-14,16,18-20,22,24-37,39,41-45,47,49-50H2,1-2H3,(H,54,57)/b17-15-,23-21-,40-38+,48-46+. The zero-order valence-corrected chi connectivity index (χ0v) is 38.4. The van der Waals surface area contributed by atoms with Crippen LogP contribution in [0.25, 0.3) is 0 Å². The lowest BCUT2D eigenvalue weighted by Crippen LogP contribution is -2.45. The van der Waals surface area contributed by atoms with Crippen LogP contribution in [0.2, 0.25) is 0 Å². The Kier molecular flexibility index (Phi) is 47.3. The van der Waals surface area contributed by atoms with Gasteiger partial charge >= 0.3 is 0 Å². The number of aliphatic hydroxyl groups excluding tert-OH is 2. The van der Waals surface area contributed by atoms with E-state index in [0.717, 1.165) is 38.5 Å². The van der Waals surface area contributed by atoms with Crippen LogP contribution in [0.3, 0.4) is 0 Å². The molecule has 0 aromatic carbocycles. The molecule has 4 nitrogen and oxygen atoms in total. The Morgan fingerprint density at radius 3 is 1.12 bits per heavy atom. The van der Waals surface area contributed by atoms with Crippen molar-refractivity contribution in [1.82, 2.24) is 5.32 Å². The van der Waals surface area contributed by atoms with Crippen molar-refractivity contribution in [2.45, 2.75) is 276 Å². The maximum atomic E-state index is 12.4. The molecular formula is C53H99NO3. The summed E-state index contributed by atoms with van der Waals surface area (Å²) in [7, 11) is 0. The summed E-state index contributed by atoms with van der Waals surface area (Å²) in [6.45, 7) is 4.30. The van der Waals surface area contributed by atoms with Gasteiger partial charge < -0.3 is 15.5 Å². The van der Waals surface area contributed by atoms with E-state index in [1.807, 2.05) is 6.08 Å². The largest absolute Gasteiger partial charge is 0.394 e. The van der Waals surface area contributed by atoms with Crippen molar-refractivity contribution in [2.75, 3.05) is 6.61 Å². The molecule has 4 heteroatoms. The average Bonchev–Trinajstić information content (AvgIpc) is 3.22. The normalized spacial score (nSPS) is 13.3. The Hall–Kier alpha value is -1.65. The number of carbonyl (C=O) groups excluding carboxylic acids is 1. The van der Waals surface area contributed by atoms with Crippen molar-refractivity contribution in [2.24, 2.45) is 0 Å². The van der Waals surface area contributed by atoms with Gasteiger partial charge in [-0.2, -0.15) is 0 Å². The third kappa shape index (κ3) is 45.3. The van der Waals surface area contributed by atoms with Gasteiger partial charge in [0, 0.05) is 6.42 Å². The summed E-state index contributed by atoms with van der Waals surface area (Å²) in [6.07, 6.45) is 66.7. The highest BCUT2D eigenvalue weighted by Crippen LogP contribution is 2.16. The molecule has 0 heterocycles. The lowest BCUT2D eigenvalue weighted by atomic mass is 10.0. The Balaban J connectivity index is 3.57. The van der Waals surface area contributed by atoms with Crippen molar-refractivity contribution < 1.29 is 15.0 Å². The highest BCUT2D eigenvalue weighted by atomic mass is 16.3. The van der Waals surface area contributed by atoms with Gasteiger partial charge in [-0.15, -0.1) is 0 Å². The van der Waals surface area contributed by atoms with Crippen LogP contribution < -0.4 is 5.32 Å². The minimum atomic E-state index is -0.864. The predicted octanol–water partition coefficient (Wildman–Crippen LogP) is 16.3. The molecule has 0 rings (SSSR count). The second-order valence-corrected chi connectivity index (χ2v) is 17.2. The van der Waals surface area contributed by atoms with E-state index in [4.69, 9.17) is 0 Å². The highest BCUT2D eigenvalue weighted by molar-refractivity contribution is 5.76. The van der Waals surface area contributed by atoms with Crippen LogP contribution in [-0.2, 0) is 4.79 Å². The number of amides is 1. The van der Waals surface area contributed by atoms with Gasteiger partial charge in [0.25, 0.3) is 0 Å². The second-order valence-electron chi connectivity index (χ2n) is 17.2. The predicted molar refractivity (Wildman–Crippen MR) is 253 cm³/mol. The van der Waals surface area contributed by atoms with Crippen LogP contribution in [0, 0.1) is 0 Å². The monoisotopic (exact) mass is 798 g/mol. The quantitative estimate of drug-likeness (QED) is 0.0424. The zero-order valence-electron chi connectivity index (χ0n) is 38.4. The number of hydrogen-bond acceptors (Lipinski definition) is 3. The SMILES string of the molecule is CCCCCCC/C=C\C/C=C\CCCCCCCCCCCCCC(=O)NC(CO)C(O)/C=C/CC/C=C/CCCCCCCCCCCCCCCCCC. The van der Waals surface area contributed by atoms with Gasteiger partial charge in [-0.05, 0) is 64.2 Å². The van der Waals surface area contributed by atoms with Gasteiger partial charge in [-0.3, -0.25) is 4.79 Å². The zero-order chi connectivity index (χ0) is 41.4. The molecule has 2 unspecified atom stereocenters. The van der Waals surface area contributed by atoms with Crippen LogP contribution in [0.5, 0.6) is 0 Å². The molecule has 0 bridgehead atoms. The number of hydrogen-bond donors (Lipinski definition) is 3. The number of aliphatic hydroxyl groups is 2. The lowest BCUT2D eigenvalue weighted by Gasteiger charge is -2.19. The summed E-state index contributed by atoms with van der Waals surface area (Å²) in [4.78, 5) is 12.4. The van der Waals surface area contributed by atoms with E-state index in [1.54, 1.807) is 6.08 Å². The maximum absolute atomic E-state index is 12.4. The molecule has 0 aromatic rings. The fourth-order valence-electron chi connectivity index (χ4n) is 7.64. The van der Waals surface area contributed by atoms with E-state index < -0.39 is 12.1 Å². The first-order valence-corrected chi connectivity index (χ1v) is 25.4. The number of allylic oxidation sites excluding steroid dienone is 7. The highest BCUT2D eigenvalue weighted by Gasteiger charge is 2.17. The Morgan fingerprint density at radius 1 is 0.421 bits per heavy atom. The van der Waals surface area contributed by atoms with E-state index in [0.29, 0.717) is 6.42 Å². The summed E-state index contributed by atoms with van der Waals surface area (Å²) >= 11 is 0. The molecule has 3 N–H and O–H groups in total. The van der Waals surface area contributed by atoms with Gasteiger partial charge in [0.15, 0.2) is 0 Å². The third-order valence-corrected chi connectivity index (χ3v) is 11.5. The molecule has 0 fully saturated rings. The molecule has 1 amide bonds. The van der Waals surface area contributed by atoms with E-state index in [1.165, 1.54) is 205 Å². The molecule has 0 radical (unpaired) electrons. The minimum Gasteiger partial charge on any atom is -0.394 e. The summed E-state index contributed by atoms with van der Waals surface area (Å²) in [6, 6.07) is -0.641. The smallest absolute Gasteiger partial charge is 0.220 e. The van der Waals surface area contributed by atoms with E-state index in [2.05, 4.69) is 55.6 Å². The first-order valence-electron chi connectivity index (χ1n) is 25.4. The molecule has 0 aliphatic rings. The number of carbonyl (C=O) groups is 1. The number of nitrogens with one attached hydrogen (secondary N) is 1. The molecule has 0 spiro atoms. The van der Waals surface area contributed by atoms with Gasteiger partial charge in [0.05, 0.1) is 18.8 Å². The Labute approximate surface area is 356 Å². The average molecular weight is 798 g/mol. The fourth-order valence-corrected chi connectivity index (χ4v) is 7.64. The number of rotatable bonds is 46. The van der Waals surface area contributed by atoms with Crippen molar-refractivity contribution in [3.05, 3.63) is 48.6 Å².